The molecule has 0 aromatic heterocycles. The lowest BCUT2D eigenvalue weighted by atomic mass is 9.99. The summed E-state index contributed by atoms with van der Waals surface area (Å²) in [5, 5.41) is 54.2. The minimum absolute atomic E-state index is 0.201. The van der Waals surface area contributed by atoms with Crippen LogP contribution in [0.2, 0.25) is 0 Å². The van der Waals surface area contributed by atoms with Crippen molar-refractivity contribution in [2.24, 2.45) is 0 Å². The second kappa shape index (κ2) is 45.0. The van der Waals surface area contributed by atoms with Crippen molar-refractivity contribution in [3.63, 3.8) is 0 Å². The van der Waals surface area contributed by atoms with E-state index >= 15 is 0 Å². The zero-order chi connectivity index (χ0) is 46.6. The van der Waals surface area contributed by atoms with Gasteiger partial charge in [-0.2, -0.15) is 0 Å². The smallest absolute Gasteiger partial charge is 0.220 e. The van der Waals surface area contributed by atoms with Gasteiger partial charge in [-0.3, -0.25) is 4.79 Å². The van der Waals surface area contributed by atoms with Gasteiger partial charge in [0.2, 0.25) is 5.91 Å². The van der Waals surface area contributed by atoms with Gasteiger partial charge in [-0.05, 0) is 70.6 Å². The maximum absolute atomic E-state index is 12.9. The van der Waals surface area contributed by atoms with Crippen LogP contribution in [0.5, 0.6) is 0 Å². The largest absolute Gasteiger partial charge is 0.394 e. The van der Waals surface area contributed by atoms with Gasteiger partial charge in [0.1, 0.15) is 24.4 Å². The first-order chi connectivity index (χ1) is 31.3. The maximum Gasteiger partial charge on any atom is 0.220 e. The summed E-state index contributed by atoms with van der Waals surface area (Å²) in [7, 11) is 0. The maximum atomic E-state index is 12.9. The van der Waals surface area contributed by atoms with Gasteiger partial charge in [0.05, 0.1) is 25.4 Å². The average molecular weight is 904 g/mol. The van der Waals surface area contributed by atoms with Crippen molar-refractivity contribution in [3.8, 4) is 0 Å². The Bertz CT molecular complexity index is 1140. The van der Waals surface area contributed by atoms with E-state index in [1.165, 1.54) is 148 Å². The number of unbranched alkanes of at least 4 members (excludes halogenated alkanes) is 29. The van der Waals surface area contributed by atoms with E-state index in [1.54, 1.807) is 6.08 Å². The van der Waals surface area contributed by atoms with Gasteiger partial charge in [-0.25, -0.2) is 0 Å². The zero-order valence-electron chi connectivity index (χ0n) is 41.3. The summed E-state index contributed by atoms with van der Waals surface area (Å²) in [6, 6.07) is -0.832. The molecule has 7 atom stereocenters. The number of rotatable bonds is 45. The van der Waals surface area contributed by atoms with E-state index in [4.69, 9.17) is 9.47 Å². The van der Waals surface area contributed by atoms with E-state index in [2.05, 4.69) is 55.6 Å². The fourth-order valence-corrected chi connectivity index (χ4v) is 8.30. The Morgan fingerprint density at radius 1 is 0.516 bits per heavy atom. The van der Waals surface area contributed by atoms with E-state index in [0.29, 0.717) is 6.42 Å². The molecule has 1 amide bonds. The molecule has 1 heterocycles. The molecule has 0 bridgehead atoms. The summed E-state index contributed by atoms with van der Waals surface area (Å²) in [5.41, 5.74) is 0. The molecule has 64 heavy (non-hydrogen) atoms. The first-order valence-corrected chi connectivity index (χ1v) is 26.9. The molecule has 9 heteroatoms. The van der Waals surface area contributed by atoms with Crippen LogP contribution < -0.4 is 5.32 Å². The summed E-state index contributed by atoms with van der Waals surface area (Å²) in [6.45, 7) is 3.73. The van der Waals surface area contributed by atoms with Crippen molar-refractivity contribution in [3.05, 3.63) is 48.6 Å². The van der Waals surface area contributed by atoms with Crippen molar-refractivity contribution in [2.75, 3.05) is 13.2 Å². The van der Waals surface area contributed by atoms with Gasteiger partial charge in [-0.1, -0.05) is 210 Å². The van der Waals surface area contributed by atoms with Gasteiger partial charge in [0.15, 0.2) is 6.29 Å². The van der Waals surface area contributed by atoms with Gasteiger partial charge in [0.25, 0.3) is 0 Å². The Kier molecular flexibility index (Phi) is 42.3. The summed E-state index contributed by atoms with van der Waals surface area (Å²) >= 11 is 0. The summed E-state index contributed by atoms with van der Waals surface area (Å²) < 4.78 is 11.2. The molecule has 374 valence electrons. The number of aliphatic hydroxyl groups is 5. The molecule has 0 aromatic rings. The number of carbonyl (C=O) groups excluding carboxylic acids is 1. The average Bonchev–Trinajstić information content (AvgIpc) is 3.29. The van der Waals surface area contributed by atoms with E-state index in [9.17, 15) is 30.3 Å². The second-order valence-electron chi connectivity index (χ2n) is 18.6. The summed E-state index contributed by atoms with van der Waals surface area (Å²) in [4.78, 5) is 12.9. The highest BCUT2D eigenvalue weighted by Gasteiger charge is 2.44. The topological polar surface area (TPSA) is 149 Å². The van der Waals surface area contributed by atoms with Crippen LogP contribution in [0.25, 0.3) is 0 Å². The summed E-state index contributed by atoms with van der Waals surface area (Å²) in [5.74, 6) is -0.201. The SMILES string of the molecule is CCCCC/C=C\CCCCCCCC(=O)NC(COC1OC(CO)C(O)C(O)C1O)C(O)/C=C/CC/C=C/CC/C=C/CCCCCCCCCCCCCCCCCCCCC. The molecule has 0 radical (unpaired) electrons. The third-order valence-electron chi connectivity index (χ3n) is 12.6. The van der Waals surface area contributed by atoms with E-state index < -0.39 is 49.5 Å². The molecule has 6 N–H and O–H groups in total. The van der Waals surface area contributed by atoms with E-state index in [-0.39, 0.29) is 12.5 Å². The molecular weight excluding hydrogens is 803 g/mol. The molecule has 0 aromatic carbocycles. The highest BCUT2D eigenvalue weighted by molar-refractivity contribution is 5.76. The normalized spacial score (nSPS) is 20.4. The van der Waals surface area contributed by atoms with Crippen LogP contribution >= 0.6 is 0 Å². The first-order valence-electron chi connectivity index (χ1n) is 26.9. The number of allylic oxidation sites excluding steroid dienone is 7. The van der Waals surface area contributed by atoms with E-state index in [1.807, 2.05) is 6.08 Å². The van der Waals surface area contributed by atoms with Crippen LogP contribution in [-0.4, -0.2) is 87.5 Å². The molecule has 1 fully saturated rings. The number of ether oxygens (including phenoxy) is 2. The van der Waals surface area contributed by atoms with Crippen molar-refractivity contribution in [1.82, 2.24) is 5.32 Å². The number of amides is 1. The number of nitrogens with one attached hydrogen (secondary N) is 1. The van der Waals surface area contributed by atoms with Crippen LogP contribution in [-0.2, 0) is 14.3 Å². The van der Waals surface area contributed by atoms with Gasteiger partial charge in [-0.15, -0.1) is 0 Å². The predicted molar refractivity (Wildman–Crippen MR) is 267 cm³/mol. The Hall–Kier alpha value is -1.85. The predicted octanol–water partition coefficient (Wildman–Crippen LogP) is 12.6. The molecule has 0 saturated carbocycles. The zero-order valence-corrected chi connectivity index (χ0v) is 41.3. The number of hydrogen-bond acceptors (Lipinski definition) is 8. The van der Waals surface area contributed by atoms with Gasteiger partial charge >= 0.3 is 0 Å². The molecular formula is C55H101NO8. The quantitative estimate of drug-likeness (QED) is 0.0261. The monoisotopic (exact) mass is 904 g/mol. The first kappa shape index (κ1) is 60.2. The Morgan fingerprint density at radius 2 is 0.891 bits per heavy atom. The molecule has 1 aliphatic rings. The fraction of sp³-hybridized carbons (Fsp3) is 0.836. The lowest BCUT2D eigenvalue weighted by Crippen LogP contribution is -2.60. The van der Waals surface area contributed by atoms with Crippen LogP contribution in [0.4, 0.5) is 0 Å². The Labute approximate surface area is 393 Å². The van der Waals surface area contributed by atoms with Crippen molar-refractivity contribution >= 4 is 5.91 Å². The summed E-state index contributed by atoms with van der Waals surface area (Å²) in [6.07, 6.45) is 51.9. The standard InChI is InChI=1S/C55H101NO8/c1-3-5-7-9-11-13-15-17-18-19-20-21-22-23-24-25-26-27-28-29-30-31-32-33-34-36-38-40-42-44-49(58)48(47-63-55-54(62)53(61)52(60)50(46-57)64-55)56-51(59)45-43-41-39-37-35-16-14-12-10-8-6-4-2/h12,14,30-31,34,36,42,44,48-50,52-55,57-58,60-62H,3-11,13,15-29,32-33,35,37-41,43,45-47H2,1-2H3,(H,56,59)/b14-12-,31-30+,36-34+,44-42+. The van der Waals surface area contributed by atoms with Crippen LogP contribution in [0, 0.1) is 0 Å². The molecule has 1 aliphatic heterocycles. The minimum Gasteiger partial charge on any atom is -0.394 e. The second-order valence-corrected chi connectivity index (χ2v) is 18.6. The fourth-order valence-electron chi connectivity index (χ4n) is 8.30. The number of hydrogen-bond donors (Lipinski definition) is 6. The molecule has 0 spiro atoms. The third kappa shape index (κ3) is 34.5. The highest BCUT2D eigenvalue weighted by Crippen LogP contribution is 2.23. The van der Waals surface area contributed by atoms with Gasteiger partial charge < -0.3 is 40.3 Å². The number of carbonyl (C=O) groups is 1. The van der Waals surface area contributed by atoms with Crippen molar-refractivity contribution in [1.29, 1.82) is 0 Å². The molecule has 0 aliphatic carbocycles. The molecule has 1 rings (SSSR count). The lowest BCUT2D eigenvalue weighted by molar-refractivity contribution is -0.302. The van der Waals surface area contributed by atoms with Crippen molar-refractivity contribution < 1.29 is 39.8 Å². The molecule has 1 saturated heterocycles. The van der Waals surface area contributed by atoms with Crippen LogP contribution in [0.1, 0.15) is 239 Å². The Morgan fingerprint density at radius 3 is 1.34 bits per heavy atom. The number of aliphatic hydroxyl groups excluding tert-OH is 5. The van der Waals surface area contributed by atoms with Crippen molar-refractivity contribution in [2.45, 2.75) is 281 Å². The lowest BCUT2D eigenvalue weighted by Gasteiger charge is -2.40. The minimum atomic E-state index is -1.58. The third-order valence-corrected chi connectivity index (χ3v) is 12.6. The molecule has 7 unspecified atom stereocenters. The highest BCUT2D eigenvalue weighted by atomic mass is 16.7. The Balaban J connectivity index is 2.24. The van der Waals surface area contributed by atoms with Gasteiger partial charge in [0, 0.05) is 6.42 Å². The molecule has 9 nitrogen and oxygen atoms in total. The van der Waals surface area contributed by atoms with Crippen LogP contribution in [0.3, 0.4) is 0 Å². The van der Waals surface area contributed by atoms with Crippen LogP contribution in [0.15, 0.2) is 48.6 Å². The van der Waals surface area contributed by atoms with E-state index in [0.717, 1.165) is 70.6 Å².